The van der Waals surface area contributed by atoms with E-state index >= 15 is 0 Å². The fourth-order valence-electron chi connectivity index (χ4n) is 2.64. The van der Waals surface area contributed by atoms with Gasteiger partial charge in [-0.25, -0.2) is 4.98 Å². The molecular weight excluding hydrogens is 314 g/mol. The topological polar surface area (TPSA) is 68.0 Å². The highest BCUT2D eigenvalue weighted by Crippen LogP contribution is 2.22. The SMILES string of the molecule is Cc1oc(-c2ccccc2)nc1C(=O)Nc1cnc2ccccc2c1. The normalized spacial score (nSPS) is 10.8. The average molecular weight is 329 g/mol. The van der Waals surface area contributed by atoms with Gasteiger partial charge in [-0.1, -0.05) is 36.4 Å². The van der Waals surface area contributed by atoms with E-state index in [9.17, 15) is 4.79 Å². The fourth-order valence-corrected chi connectivity index (χ4v) is 2.64. The molecule has 25 heavy (non-hydrogen) atoms. The number of aromatic nitrogens is 2. The number of hydrogen-bond acceptors (Lipinski definition) is 4. The summed E-state index contributed by atoms with van der Waals surface area (Å²) in [7, 11) is 0. The second-order valence-corrected chi connectivity index (χ2v) is 5.66. The number of para-hydroxylation sites is 1. The van der Waals surface area contributed by atoms with Crippen LogP contribution >= 0.6 is 0 Å². The fraction of sp³-hybridized carbons (Fsp3) is 0.0500. The molecule has 0 bridgehead atoms. The Morgan fingerprint density at radius 3 is 2.64 bits per heavy atom. The van der Waals surface area contributed by atoms with E-state index in [-0.39, 0.29) is 11.6 Å². The zero-order valence-corrected chi connectivity index (χ0v) is 13.6. The molecule has 0 saturated heterocycles. The molecule has 0 saturated carbocycles. The van der Waals surface area contributed by atoms with Crippen LogP contribution in [0.25, 0.3) is 22.4 Å². The van der Waals surface area contributed by atoms with Crippen LogP contribution in [0.4, 0.5) is 5.69 Å². The first-order chi connectivity index (χ1) is 12.2. The predicted octanol–water partition coefficient (Wildman–Crippen LogP) is 4.45. The molecule has 2 heterocycles. The minimum Gasteiger partial charge on any atom is -0.441 e. The lowest BCUT2D eigenvalue weighted by atomic mass is 10.2. The Balaban J connectivity index is 1.61. The van der Waals surface area contributed by atoms with Crippen molar-refractivity contribution in [3.05, 3.63) is 78.3 Å². The van der Waals surface area contributed by atoms with Crippen LogP contribution in [0.2, 0.25) is 0 Å². The van der Waals surface area contributed by atoms with Gasteiger partial charge < -0.3 is 9.73 Å². The first-order valence-corrected chi connectivity index (χ1v) is 7.90. The largest absolute Gasteiger partial charge is 0.441 e. The molecular formula is C20H15N3O2. The molecule has 0 spiro atoms. The van der Waals surface area contributed by atoms with Crippen LogP contribution in [0.15, 0.2) is 71.3 Å². The van der Waals surface area contributed by atoms with Crippen LogP contribution in [0.1, 0.15) is 16.2 Å². The number of aryl methyl sites for hydroxylation is 1. The lowest BCUT2D eigenvalue weighted by molar-refractivity contribution is 0.102. The van der Waals surface area contributed by atoms with Crippen LogP contribution in [0, 0.1) is 6.92 Å². The van der Waals surface area contributed by atoms with Crippen molar-refractivity contribution in [3.63, 3.8) is 0 Å². The number of anilines is 1. The van der Waals surface area contributed by atoms with Gasteiger partial charge in [-0.3, -0.25) is 9.78 Å². The van der Waals surface area contributed by atoms with E-state index in [2.05, 4.69) is 15.3 Å². The molecule has 5 nitrogen and oxygen atoms in total. The molecule has 4 aromatic rings. The van der Waals surface area contributed by atoms with E-state index < -0.39 is 0 Å². The van der Waals surface area contributed by atoms with Crippen molar-refractivity contribution in [1.82, 2.24) is 9.97 Å². The molecule has 122 valence electrons. The third-order valence-electron chi connectivity index (χ3n) is 3.88. The van der Waals surface area contributed by atoms with Gasteiger partial charge in [-0.05, 0) is 31.2 Å². The van der Waals surface area contributed by atoms with Gasteiger partial charge in [-0.15, -0.1) is 0 Å². The molecule has 0 atom stereocenters. The number of carbonyl (C=O) groups excluding carboxylic acids is 1. The molecule has 1 N–H and O–H groups in total. The molecule has 2 aromatic carbocycles. The van der Waals surface area contributed by atoms with Crippen molar-refractivity contribution in [3.8, 4) is 11.5 Å². The minimum absolute atomic E-state index is 0.270. The maximum atomic E-state index is 12.6. The lowest BCUT2D eigenvalue weighted by Gasteiger charge is -2.04. The number of fused-ring (bicyclic) bond motifs is 1. The Hall–Kier alpha value is -3.47. The highest BCUT2D eigenvalue weighted by Gasteiger charge is 2.18. The lowest BCUT2D eigenvalue weighted by Crippen LogP contribution is -2.13. The van der Waals surface area contributed by atoms with E-state index in [1.807, 2.05) is 60.7 Å². The third-order valence-corrected chi connectivity index (χ3v) is 3.88. The van der Waals surface area contributed by atoms with Gasteiger partial charge in [0, 0.05) is 10.9 Å². The van der Waals surface area contributed by atoms with Crippen LogP contribution in [-0.4, -0.2) is 15.9 Å². The molecule has 1 amide bonds. The summed E-state index contributed by atoms with van der Waals surface area (Å²) in [5.41, 5.74) is 2.60. The summed E-state index contributed by atoms with van der Waals surface area (Å²) in [5.74, 6) is 0.588. The van der Waals surface area contributed by atoms with Crippen LogP contribution in [0.3, 0.4) is 0 Å². The standard InChI is InChI=1S/C20H15N3O2/c1-13-18(23-20(25-13)14-7-3-2-4-8-14)19(24)22-16-11-15-9-5-6-10-17(15)21-12-16/h2-12H,1H3,(H,22,24). The van der Waals surface area contributed by atoms with Gasteiger partial charge in [0.05, 0.1) is 17.4 Å². The van der Waals surface area contributed by atoms with Crippen molar-refractivity contribution in [1.29, 1.82) is 0 Å². The minimum atomic E-state index is -0.319. The summed E-state index contributed by atoms with van der Waals surface area (Å²) in [4.78, 5) is 21.2. The first-order valence-electron chi connectivity index (χ1n) is 7.90. The zero-order valence-electron chi connectivity index (χ0n) is 13.6. The zero-order chi connectivity index (χ0) is 17.2. The number of amides is 1. The molecule has 0 unspecified atom stereocenters. The number of carbonyl (C=O) groups is 1. The highest BCUT2D eigenvalue weighted by molar-refractivity contribution is 6.04. The summed E-state index contributed by atoms with van der Waals surface area (Å²) in [6.07, 6.45) is 1.63. The van der Waals surface area contributed by atoms with Crippen molar-refractivity contribution in [2.24, 2.45) is 0 Å². The Labute approximate surface area is 144 Å². The van der Waals surface area contributed by atoms with Crippen molar-refractivity contribution in [2.75, 3.05) is 5.32 Å². The summed E-state index contributed by atoms with van der Waals surface area (Å²) in [6.45, 7) is 1.73. The molecule has 0 aliphatic rings. The predicted molar refractivity (Wildman–Crippen MR) is 96.4 cm³/mol. The Bertz CT molecular complexity index is 1050. The van der Waals surface area contributed by atoms with E-state index in [0.717, 1.165) is 16.5 Å². The summed E-state index contributed by atoms with van der Waals surface area (Å²) >= 11 is 0. The van der Waals surface area contributed by atoms with Crippen molar-refractivity contribution in [2.45, 2.75) is 6.92 Å². The Kier molecular flexibility index (Phi) is 3.74. The maximum absolute atomic E-state index is 12.6. The van der Waals surface area contributed by atoms with Crippen LogP contribution < -0.4 is 5.32 Å². The molecule has 2 aromatic heterocycles. The summed E-state index contributed by atoms with van der Waals surface area (Å²) in [6, 6.07) is 19.1. The van der Waals surface area contributed by atoms with Gasteiger partial charge in [0.25, 0.3) is 5.91 Å². The molecule has 0 radical (unpaired) electrons. The van der Waals surface area contributed by atoms with Gasteiger partial charge in [0.2, 0.25) is 5.89 Å². The van der Waals surface area contributed by atoms with E-state index in [1.165, 1.54) is 0 Å². The number of nitrogens with one attached hydrogen (secondary N) is 1. The third kappa shape index (κ3) is 2.99. The highest BCUT2D eigenvalue weighted by atomic mass is 16.4. The monoisotopic (exact) mass is 329 g/mol. The van der Waals surface area contributed by atoms with Gasteiger partial charge in [0.15, 0.2) is 5.69 Å². The van der Waals surface area contributed by atoms with Gasteiger partial charge in [0.1, 0.15) is 5.76 Å². The van der Waals surface area contributed by atoms with Crippen molar-refractivity contribution >= 4 is 22.5 Å². The average Bonchev–Trinajstić information content (AvgIpc) is 3.04. The molecule has 5 heteroatoms. The molecule has 0 fully saturated rings. The molecule has 0 aliphatic heterocycles. The quantitative estimate of drug-likeness (QED) is 0.603. The van der Waals surface area contributed by atoms with E-state index in [4.69, 9.17) is 4.42 Å². The number of rotatable bonds is 3. The second-order valence-electron chi connectivity index (χ2n) is 5.66. The number of oxazole rings is 1. The van der Waals surface area contributed by atoms with Crippen LogP contribution in [0.5, 0.6) is 0 Å². The number of nitrogens with zero attached hydrogens (tertiary/aromatic N) is 2. The van der Waals surface area contributed by atoms with Crippen LogP contribution in [-0.2, 0) is 0 Å². The second kappa shape index (κ2) is 6.20. The van der Waals surface area contributed by atoms with E-state index in [0.29, 0.717) is 17.3 Å². The molecule has 0 aliphatic carbocycles. The Morgan fingerprint density at radius 2 is 1.80 bits per heavy atom. The summed E-state index contributed by atoms with van der Waals surface area (Å²) in [5, 5.41) is 3.79. The number of hydrogen-bond donors (Lipinski definition) is 1. The number of pyridine rings is 1. The molecule has 4 rings (SSSR count). The van der Waals surface area contributed by atoms with E-state index in [1.54, 1.807) is 13.1 Å². The number of benzene rings is 2. The maximum Gasteiger partial charge on any atom is 0.277 e. The summed E-state index contributed by atoms with van der Waals surface area (Å²) < 4.78 is 5.64. The Morgan fingerprint density at radius 1 is 1.04 bits per heavy atom. The smallest absolute Gasteiger partial charge is 0.277 e. The first kappa shape index (κ1) is 15.1. The van der Waals surface area contributed by atoms with Gasteiger partial charge >= 0.3 is 0 Å². The van der Waals surface area contributed by atoms with Crippen molar-refractivity contribution < 1.29 is 9.21 Å². The van der Waals surface area contributed by atoms with Gasteiger partial charge in [-0.2, -0.15) is 0 Å².